The smallest absolute Gasteiger partial charge is 0.161 e. The number of rotatable bonds is 9. The molecule has 7 nitrogen and oxygen atoms in total. The maximum absolute atomic E-state index is 5.01. The molecule has 0 amide bonds. The van der Waals surface area contributed by atoms with Crippen LogP contribution in [0.1, 0.15) is 18.2 Å². The van der Waals surface area contributed by atoms with E-state index < -0.39 is 0 Å². The molecule has 0 unspecified atom stereocenters. The van der Waals surface area contributed by atoms with E-state index in [0.29, 0.717) is 18.1 Å². The maximum Gasteiger partial charge on any atom is 0.161 e. The zero-order valence-electron chi connectivity index (χ0n) is 21.5. The van der Waals surface area contributed by atoms with Crippen LogP contribution in [0.5, 0.6) is 0 Å². The van der Waals surface area contributed by atoms with Gasteiger partial charge in [0.25, 0.3) is 0 Å². The summed E-state index contributed by atoms with van der Waals surface area (Å²) >= 11 is 1.64. The number of fused-ring (bicyclic) bond motifs is 2. The SMILES string of the molecule is C=C/C(=C\C(=C/C)c1ccc2[nH]nc(-c3nc4c(-c5cccs5)nccc4[nH]3)c2n1)CNCc1ccccc1. The molecular formula is C31H27N7S. The van der Waals surface area contributed by atoms with E-state index in [-0.39, 0.29) is 0 Å². The minimum absolute atomic E-state index is 0.654. The van der Waals surface area contributed by atoms with Crippen molar-refractivity contribution in [2.24, 2.45) is 0 Å². The quantitative estimate of drug-likeness (QED) is 0.177. The van der Waals surface area contributed by atoms with Gasteiger partial charge in [0.1, 0.15) is 16.7 Å². The average molecular weight is 530 g/mol. The number of thiophene rings is 1. The highest BCUT2D eigenvalue weighted by Gasteiger charge is 2.17. The Morgan fingerprint density at radius 3 is 2.64 bits per heavy atom. The van der Waals surface area contributed by atoms with Crippen LogP contribution in [0.4, 0.5) is 0 Å². The van der Waals surface area contributed by atoms with Gasteiger partial charge in [0, 0.05) is 19.3 Å². The van der Waals surface area contributed by atoms with Crippen molar-refractivity contribution in [2.75, 3.05) is 6.54 Å². The standard InChI is InChI=1S/C31H27N7S/c1-3-20(18-32-19-21-9-6-5-7-10-21)17-22(4-2)23-12-13-25-28(34-23)30(38-37-25)31-35-24-14-15-33-29(27(24)36-31)26-11-8-16-39-26/h3-17,32H,1,18-19H2,2H3,(H,35,36)(H,37,38)/b20-17+,22-4+. The predicted molar refractivity (Wildman–Crippen MR) is 160 cm³/mol. The van der Waals surface area contributed by atoms with Crippen molar-refractivity contribution in [1.29, 1.82) is 0 Å². The molecule has 5 heterocycles. The number of H-pyrrole nitrogens is 2. The Labute approximate surface area is 230 Å². The molecule has 0 bridgehead atoms. The third kappa shape index (κ3) is 5.07. The molecule has 0 aliphatic carbocycles. The zero-order valence-corrected chi connectivity index (χ0v) is 22.3. The second-order valence-electron chi connectivity index (χ2n) is 9.04. The van der Waals surface area contributed by atoms with Gasteiger partial charge in [0.2, 0.25) is 0 Å². The Balaban J connectivity index is 1.30. The Morgan fingerprint density at radius 2 is 1.85 bits per heavy atom. The van der Waals surface area contributed by atoms with Gasteiger partial charge >= 0.3 is 0 Å². The third-order valence-electron chi connectivity index (χ3n) is 6.50. The molecule has 0 radical (unpaired) electrons. The first-order valence-electron chi connectivity index (χ1n) is 12.7. The van der Waals surface area contributed by atoms with Gasteiger partial charge in [-0.15, -0.1) is 11.3 Å². The van der Waals surface area contributed by atoms with Crippen LogP contribution in [-0.4, -0.2) is 36.7 Å². The van der Waals surface area contributed by atoms with Gasteiger partial charge in [-0.25, -0.2) is 9.97 Å². The minimum atomic E-state index is 0.654. The molecule has 3 N–H and O–H groups in total. The highest BCUT2D eigenvalue weighted by Crippen LogP contribution is 2.32. The molecule has 0 aliphatic heterocycles. The van der Waals surface area contributed by atoms with Crippen molar-refractivity contribution >= 4 is 39.0 Å². The van der Waals surface area contributed by atoms with Gasteiger partial charge in [0.15, 0.2) is 11.5 Å². The molecule has 0 spiro atoms. The molecule has 39 heavy (non-hydrogen) atoms. The molecule has 0 aliphatic rings. The number of nitrogens with one attached hydrogen (secondary N) is 3. The minimum Gasteiger partial charge on any atom is -0.336 e. The van der Waals surface area contributed by atoms with E-state index in [2.05, 4.69) is 74.5 Å². The summed E-state index contributed by atoms with van der Waals surface area (Å²) < 4.78 is 0. The van der Waals surface area contributed by atoms with E-state index in [1.165, 1.54) is 5.56 Å². The lowest BCUT2D eigenvalue weighted by Crippen LogP contribution is -2.16. The van der Waals surface area contributed by atoms with Crippen LogP contribution in [0.25, 0.3) is 49.7 Å². The summed E-state index contributed by atoms with van der Waals surface area (Å²) in [6.45, 7) is 7.54. The van der Waals surface area contributed by atoms with Crippen molar-refractivity contribution in [3.8, 4) is 22.1 Å². The van der Waals surface area contributed by atoms with Crippen LogP contribution in [0.2, 0.25) is 0 Å². The normalized spacial score (nSPS) is 12.4. The van der Waals surface area contributed by atoms with Crippen LogP contribution in [0.15, 0.2) is 103 Å². The van der Waals surface area contributed by atoms with Gasteiger partial charge in [0.05, 0.1) is 21.6 Å². The zero-order chi connectivity index (χ0) is 26.6. The number of allylic oxidation sites excluding steroid dienone is 3. The molecule has 0 saturated carbocycles. The van der Waals surface area contributed by atoms with E-state index in [1.807, 2.05) is 48.7 Å². The molecule has 0 saturated heterocycles. The Kier molecular flexibility index (Phi) is 6.95. The summed E-state index contributed by atoms with van der Waals surface area (Å²) in [6.07, 6.45) is 7.87. The van der Waals surface area contributed by atoms with Gasteiger partial charge in [-0.1, -0.05) is 55.1 Å². The highest BCUT2D eigenvalue weighted by atomic mass is 32.1. The molecule has 0 atom stereocenters. The first kappa shape index (κ1) is 24.7. The van der Waals surface area contributed by atoms with E-state index in [1.54, 1.807) is 17.5 Å². The molecule has 5 aromatic heterocycles. The molecule has 6 rings (SSSR count). The summed E-state index contributed by atoms with van der Waals surface area (Å²) in [5.74, 6) is 0.654. The first-order chi connectivity index (χ1) is 19.2. The number of aromatic nitrogens is 6. The van der Waals surface area contributed by atoms with E-state index >= 15 is 0 Å². The molecule has 6 aromatic rings. The van der Waals surface area contributed by atoms with Crippen molar-refractivity contribution in [3.63, 3.8) is 0 Å². The fourth-order valence-corrected chi connectivity index (χ4v) is 5.22. The summed E-state index contributed by atoms with van der Waals surface area (Å²) in [6, 6.07) is 20.4. The van der Waals surface area contributed by atoms with Crippen molar-refractivity contribution in [3.05, 3.63) is 114 Å². The Bertz CT molecular complexity index is 1810. The first-order valence-corrected chi connectivity index (χ1v) is 13.6. The van der Waals surface area contributed by atoms with Crippen molar-refractivity contribution in [2.45, 2.75) is 13.5 Å². The number of nitrogens with zero attached hydrogens (tertiary/aromatic N) is 4. The van der Waals surface area contributed by atoms with Gasteiger partial charge < -0.3 is 10.3 Å². The molecule has 192 valence electrons. The van der Waals surface area contributed by atoms with Gasteiger partial charge in [-0.2, -0.15) is 5.10 Å². The van der Waals surface area contributed by atoms with Crippen molar-refractivity contribution in [1.82, 2.24) is 35.5 Å². The summed E-state index contributed by atoms with van der Waals surface area (Å²) in [5, 5.41) is 13.2. The van der Waals surface area contributed by atoms with E-state index in [4.69, 9.17) is 9.97 Å². The summed E-state index contributed by atoms with van der Waals surface area (Å²) in [4.78, 5) is 19.0. The van der Waals surface area contributed by atoms with E-state index in [0.717, 1.165) is 56.0 Å². The fourth-order valence-electron chi connectivity index (χ4n) is 4.50. The van der Waals surface area contributed by atoms with Gasteiger partial charge in [-0.05, 0) is 59.4 Å². The lowest BCUT2D eigenvalue weighted by Gasteiger charge is -2.08. The van der Waals surface area contributed by atoms with Crippen LogP contribution in [0, 0.1) is 0 Å². The van der Waals surface area contributed by atoms with Crippen LogP contribution >= 0.6 is 11.3 Å². The maximum atomic E-state index is 5.01. The highest BCUT2D eigenvalue weighted by molar-refractivity contribution is 7.13. The topological polar surface area (TPSA) is 95.2 Å². The second-order valence-corrected chi connectivity index (χ2v) is 9.99. The van der Waals surface area contributed by atoms with Crippen LogP contribution in [0.3, 0.4) is 0 Å². The molecule has 1 aromatic carbocycles. The predicted octanol–water partition coefficient (Wildman–Crippen LogP) is 6.93. The lowest BCUT2D eigenvalue weighted by atomic mass is 10.1. The molecular weight excluding hydrogens is 502 g/mol. The number of benzene rings is 1. The second kappa shape index (κ2) is 11.0. The van der Waals surface area contributed by atoms with Crippen molar-refractivity contribution < 1.29 is 0 Å². The Hall–Kier alpha value is -4.66. The average Bonchev–Trinajstić information content (AvgIpc) is 3.74. The number of aromatic amines is 2. The Morgan fingerprint density at radius 1 is 0.974 bits per heavy atom. The lowest BCUT2D eigenvalue weighted by molar-refractivity contribution is 0.747. The van der Waals surface area contributed by atoms with E-state index in [9.17, 15) is 0 Å². The van der Waals surface area contributed by atoms with Gasteiger partial charge in [-0.3, -0.25) is 10.1 Å². The summed E-state index contributed by atoms with van der Waals surface area (Å²) in [5.41, 5.74) is 9.05. The largest absolute Gasteiger partial charge is 0.336 e. The monoisotopic (exact) mass is 529 g/mol. The fraction of sp³-hybridized carbons (Fsp3) is 0.0968. The third-order valence-corrected chi connectivity index (χ3v) is 7.38. The van der Waals surface area contributed by atoms with Crippen LogP contribution < -0.4 is 5.32 Å². The molecule has 0 fully saturated rings. The summed E-state index contributed by atoms with van der Waals surface area (Å²) in [7, 11) is 0. The number of imidazole rings is 1. The van der Waals surface area contributed by atoms with Crippen LogP contribution in [-0.2, 0) is 6.54 Å². The number of hydrogen-bond donors (Lipinski definition) is 3. The number of pyridine rings is 2. The molecule has 8 heteroatoms. The number of hydrogen-bond acceptors (Lipinski definition) is 6.